The molecular formula is C19H15N5O. The van der Waals surface area contributed by atoms with Crippen LogP contribution in [0.4, 0.5) is 5.95 Å². The van der Waals surface area contributed by atoms with Crippen molar-refractivity contribution in [3.05, 3.63) is 71.2 Å². The van der Waals surface area contributed by atoms with E-state index in [4.69, 9.17) is 11.5 Å². The van der Waals surface area contributed by atoms with Crippen LogP contribution < -0.4 is 11.5 Å². The average molecular weight is 329 g/mol. The lowest BCUT2D eigenvalue weighted by Gasteiger charge is -2.08. The van der Waals surface area contributed by atoms with Crippen molar-refractivity contribution >= 4 is 11.9 Å². The molecule has 0 aliphatic carbocycles. The van der Waals surface area contributed by atoms with Crippen LogP contribution in [0.2, 0.25) is 0 Å². The Hall–Kier alpha value is -3.72. The van der Waals surface area contributed by atoms with Crippen LogP contribution in [0.5, 0.6) is 0 Å². The van der Waals surface area contributed by atoms with Gasteiger partial charge in [-0.2, -0.15) is 0 Å². The van der Waals surface area contributed by atoms with Gasteiger partial charge in [0.2, 0.25) is 11.9 Å². The zero-order valence-electron chi connectivity index (χ0n) is 13.5. The normalized spacial score (nSPS) is 9.96. The Morgan fingerprint density at radius 3 is 2.48 bits per heavy atom. The topological polar surface area (TPSA) is 108 Å². The molecule has 0 aliphatic rings. The third-order valence-corrected chi connectivity index (χ3v) is 3.54. The number of carbonyl (C=O) groups excluding carboxylic acids is 1. The highest BCUT2D eigenvalue weighted by molar-refractivity contribution is 5.93. The molecule has 0 unspecified atom stereocenters. The van der Waals surface area contributed by atoms with Crippen LogP contribution in [0, 0.1) is 18.8 Å². The molecule has 0 saturated carbocycles. The van der Waals surface area contributed by atoms with Crippen molar-refractivity contribution in [3.8, 4) is 23.1 Å². The second-order valence-electron chi connectivity index (χ2n) is 5.32. The number of anilines is 1. The Kier molecular flexibility index (Phi) is 4.40. The van der Waals surface area contributed by atoms with Crippen molar-refractivity contribution in [2.24, 2.45) is 5.73 Å². The number of hydrogen-bond donors (Lipinski definition) is 2. The van der Waals surface area contributed by atoms with Crippen molar-refractivity contribution in [2.75, 3.05) is 5.73 Å². The molecule has 1 amide bonds. The van der Waals surface area contributed by atoms with E-state index in [1.54, 1.807) is 36.7 Å². The minimum atomic E-state index is -0.485. The highest BCUT2D eigenvalue weighted by Gasteiger charge is 2.12. The first kappa shape index (κ1) is 16.1. The van der Waals surface area contributed by atoms with E-state index in [1.807, 2.05) is 19.1 Å². The van der Waals surface area contributed by atoms with Gasteiger partial charge in [-0.3, -0.25) is 9.78 Å². The number of benzene rings is 1. The Balaban J connectivity index is 2.10. The number of rotatable bonds is 2. The number of hydrogen-bond acceptors (Lipinski definition) is 5. The number of nitrogen functional groups attached to an aromatic ring is 1. The van der Waals surface area contributed by atoms with Crippen LogP contribution in [-0.2, 0) is 0 Å². The van der Waals surface area contributed by atoms with Crippen LogP contribution in [0.3, 0.4) is 0 Å². The van der Waals surface area contributed by atoms with Gasteiger partial charge in [0.05, 0.1) is 17.0 Å². The van der Waals surface area contributed by atoms with Gasteiger partial charge in [-0.05, 0) is 31.2 Å². The zero-order valence-corrected chi connectivity index (χ0v) is 13.5. The minimum absolute atomic E-state index is 0.165. The molecule has 6 heteroatoms. The maximum Gasteiger partial charge on any atom is 0.248 e. The predicted molar refractivity (Wildman–Crippen MR) is 95.4 cm³/mol. The molecule has 0 saturated heterocycles. The second kappa shape index (κ2) is 6.81. The molecule has 122 valence electrons. The Morgan fingerprint density at radius 1 is 1.08 bits per heavy atom. The quantitative estimate of drug-likeness (QED) is 0.698. The lowest BCUT2D eigenvalue weighted by Crippen LogP contribution is -2.10. The maximum absolute atomic E-state index is 11.2. The summed E-state index contributed by atoms with van der Waals surface area (Å²) in [5.41, 5.74) is 15.0. The van der Waals surface area contributed by atoms with E-state index in [0.29, 0.717) is 22.5 Å². The smallest absolute Gasteiger partial charge is 0.248 e. The first-order chi connectivity index (χ1) is 12.0. The van der Waals surface area contributed by atoms with Crippen LogP contribution in [0.25, 0.3) is 11.3 Å². The average Bonchev–Trinajstić information content (AvgIpc) is 2.61. The highest BCUT2D eigenvalue weighted by Crippen LogP contribution is 2.24. The first-order valence-electron chi connectivity index (χ1n) is 7.51. The van der Waals surface area contributed by atoms with E-state index >= 15 is 0 Å². The molecule has 0 bridgehead atoms. The van der Waals surface area contributed by atoms with E-state index in [9.17, 15) is 4.79 Å². The fourth-order valence-electron chi connectivity index (χ4n) is 2.32. The van der Waals surface area contributed by atoms with Crippen LogP contribution in [-0.4, -0.2) is 20.9 Å². The second-order valence-corrected chi connectivity index (χ2v) is 5.32. The summed E-state index contributed by atoms with van der Waals surface area (Å²) in [6.07, 6.45) is 3.37. The Morgan fingerprint density at radius 2 is 1.84 bits per heavy atom. The number of nitrogens with zero attached hydrogens (tertiary/aromatic N) is 3. The lowest BCUT2D eigenvalue weighted by molar-refractivity contribution is 0.100. The number of primary amides is 1. The molecule has 3 rings (SSSR count). The molecule has 3 aromatic rings. The molecule has 0 radical (unpaired) electrons. The van der Waals surface area contributed by atoms with E-state index in [2.05, 4.69) is 26.8 Å². The summed E-state index contributed by atoms with van der Waals surface area (Å²) >= 11 is 0. The van der Waals surface area contributed by atoms with E-state index in [0.717, 1.165) is 11.1 Å². The first-order valence-corrected chi connectivity index (χ1v) is 7.51. The van der Waals surface area contributed by atoms with Gasteiger partial charge in [0.15, 0.2) is 0 Å². The van der Waals surface area contributed by atoms with Crippen molar-refractivity contribution in [2.45, 2.75) is 6.92 Å². The van der Waals surface area contributed by atoms with Gasteiger partial charge in [-0.25, -0.2) is 9.97 Å². The Labute approximate surface area is 145 Å². The van der Waals surface area contributed by atoms with Gasteiger partial charge in [0.25, 0.3) is 0 Å². The number of aryl methyl sites for hydroxylation is 1. The monoisotopic (exact) mass is 329 g/mol. The van der Waals surface area contributed by atoms with Crippen molar-refractivity contribution in [1.29, 1.82) is 0 Å². The van der Waals surface area contributed by atoms with Crippen LogP contribution in [0.1, 0.15) is 27.2 Å². The zero-order chi connectivity index (χ0) is 17.8. The van der Waals surface area contributed by atoms with Gasteiger partial charge < -0.3 is 11.5 Å². The molecule has 0 atom stereocenters. The number of carbonyl (C=O) groups is 1. The van der Waals surface area contributed by atoms with Gasteiger partial charge in [-0.15, -0.1) is 0 Å². The van der Waals surface area contributed by atoms with Crippen LogP contribution in [0.15, 0.2) is 48.8 Å². The van der Waals surface area contributed by atoms with Crippen molar-refractivity contribution < 1.29 is 4.79 Å². The third-order valence-electron chi connectivity index (χ3n) is 3.54. The SMILES string of the molecule is Cc1nc(N)nc(-c2ccc(C(N)=O)cc2)c1C#Cc1cccnc1. The number of amides is 1. The largest absolute Gasteiger partial charge is 0.368 e. The molecule has 6 nitrogen and oxygen atoms in total. The lowest BCUT2D eigenvalue weighted by atomic mass is 10.0. The fraction of sp³-hybridized carbons (Fsp3) is 0.0526. The number of aromatic nitrogens is 3. The van der Waals surface area contributed by atoms with Gasteiger partial charge >= 0.3 is 0 Å². The molecular weight excluding hydrogens is 314 g/mol. The van der Waals surface area contributed by atoms with Gasteiger partial charge in [0.1, 0.15) is 0 Å². The third kappa shape index (κ3) is 3.62. The molecule has 0 fully saturated rings. The molecule has 0 aliphatic heterocycles. The van der Waals surface area contributed by atoms with Gasteiger partial charge in [-0.1, -0.05) is 24.0 Å². The molecule has 1 aromatic carbocycles. The van der Waals surface area contributed by atoms with E-state index in [-0.39, 0.29) is 5.95 Å². The van der Waals surface area contributed by atoms with Crippen LogP contribution >= 0.6 is 0 Å². The summed E-state index contributed by atoms with van der Waals surface area (Å²) in [5.74, 6) is 5.83. The molecule has 4 N–H and O–H groups in total. The van der Waals surface area contributed by atoms with E-state index < -0.39 is 5.91 Å². The summed E-state index contributed by atoms with van der Waals surface area (Å²) in [6.45, 7) is 1.83. The highest BCUT2D eigenvalue weighted by atomic mass is 16.1. The standard InChI is InChI=1S/C19H15N5O/c1-12-16(9-4-13-3-2-10-22-11-13)17(24-19(21)23-12)14-5-7-15(8-6-14)18(20)25/h2-3,5-8,10-11H,1H3,(H2,20,25)(H2,21,23,24). The van der Waals surface area contributed by atoms with Gasteiger partial charge in [0, 0.05) is 29.1 Å². The van der Waals surface area contributed by atoms with E-state index in [1.165, 1.54) is 0 Å². The number of nitrogens with two attached hydrogens (primary N) is 2. The molecule has 25 heavy (non-hydrogen) atoms. The molecule has 2 aromatic heterocycles. The summed E-state index contributed by atoms with van der Waals surface area (Å²) in [4.78, 5) is 23.8. The predicted octanol–water partition coefficient (Wildman–Crippen LogP) is 1.93. The molecule has 2 heterocycles. The maximum atomic E-state index is 11.2. The number of pyridine rings is 1. The summed E-state index contributed by atoms with van der Waals surface area (Å²) < 4.78 is 0. The van der Waals surface area contributed by atoms with Crippen molar-refractivity contribution in [3.63, 3.8) is 0 Å². The summed E-state index contributed by atoms with van der Waals surface area (Å²) in [6, 6.07) is 10.5. The summed E-state index contributed by atoms with van der Waals surface area (Å²) in [7, 11) is 0. The molecule has 0 spiro atoms. The Bertz CT molecular complexity index is 986. The summed E-state index contributed by atoms with van der Waals surface area (Å²) in [5, 5.41) is 0. The van der Waals surface area contributed by atoms with Crippen molar-refractivity contribution in [1.82, 2.24) is 15.0 Å². The minimum Gasteiger partial charge on any atom is -0.368 e. The fourth-order valence-corrected chi connectivity index (χ4v) is 2.32.